The predicted octanol–water partition coefficient (Wildman–Crippen LogP) is 2.96. The summed E-state index contributed by atoms with van der Waals surface area (Å²) in [5.41, 5.74) is 0.590. The number of benzene rings is 1. The minimum absolute atomic E-state index is 0.0862. The molecular formula is C21H34N2O4. The van der Waals surface area contributed by atoms with Crippen molar-refractivity contribution in [1.29, 1.82) is 0 Å². The monoisotopic (exact) mass is 378 g/mol. The lowest BCUT2D eigenvalue weighted by Crippen LogP contribution is -2.51. The van der Waals surface area contributed by atoms with Crippen LogP contribution in [0.15, 0.2) is 18.2 Å². The second kappa shape index (κ2) is 11.1. The number of carbonyl (C=O) groups excluding carboxylic acids is 1. The van der Waals surface area contributed by atoms with Crippen LogP contribution in [0.3, 0.4) is 0 Å². The molecule has 1 N–H and O–H groups in total. The highest BCUT2D eigenvalue weighted by atomic mass is 16.5. The van der Waals surface area contributed by atoms with Gasteiger partial charge in [0, 0.05) is 31.2 Å². The maximum Gasteiger partial charge on any atom is 0.251 e. The Kier molecular flexibility index (Phi) is 8.88. The first-order chi connectivity index (χ1) is 13.1. The molecule has 1 aromatic carbocycles. The molecule has 27 heavy (non-hydrogen) atoms. The van der Waals surface area contributed by atoms with Gasteiger partial charge in [0.15, 0.2) is 11.5 Å². The van der Waals surface area contributed by atoms with E-state index < -0.39 is 0 Å². The number of carbonyl (C=O) groups is 1. The van der Waals surface area contributed by atoms with Gasteiger partial charge < -0.3 is 19.5 Å². The molecule has 1 atom stereocenters. The zero-order chi connectivity index (χ0) is 19.6. The highest BCUT2D eigenvalue weighted by Crippen LogP contribution is 2.28. The highest BCUT2D eigenvalue weighted by Gasteiger charge is 2.24. The third-order valence-electron chi connectivity index (χ3n) is 4.72. The van der Waals surface area contributed by atoms with Crippen LogP contribution in [0.5, 0.6) is 11.5 Å². The van der Waals surface area contributed by atoms with Gasteiger partial charge in [0.2, 0.25) is 0 Å². The van der Waals surface area contributed by atoms with Crippen molar-refractivity contribution in [2.45, 2.75) is 40.2 Å². The second-order valence-corrected chi connectivity index (χ2v) is 7.11. The van der Waals surface area contributed by atoms with Crippen molar-refractivity contribution in [2.24, 2.45) is 5.92 Å². The van der Waals surface area contributed by atoms with Crippen LogP contribution in [-0.4, -0.2) is 62.9 Å². The van der Waals surface area contributed by atoms with E-state index in [1.165, 1.54) is 0 Å². The van der Waals surface area contributed by atoms with E-state index in [1.807, 2.05) is 13.0 Å². The van der Waals surface area contributed by atoms with E-state index in [-0.39, 0.29) is 5.91 Å². The van der Waals surface area contributed by atoms with Crippen LogP contribution >= 0.6 is 0 Å². The van der Waals surface area contributed by atoms with Crippen LogP contribution in [0.4, 0.5) is 0 Å². The van der Waals surface area contributed by atoms with Crippen LogP contribution in [0.2, 0.25) is 0 Å². The van der Waals surface area contributed by atoms with Gasteiger partial charge in [-0.2, -0.15) is 0 Å². The average molecular weight is 379 g/mol. The van der Waals surface area contributed by atoms with Gasteiger partial charge in [-0.15, -0.1) is 0 Å². The van der Waals surface area contributed by atoms with E-state index in [0.717, 1.165) is 32.7 Å². The smallest absolute Gasteiger partial charge is 0.251 e. The summed E-state index contributed by atoms with van der Waals surface area (Å²) in [6.07, 6.45) is 0.923. The minimum Gasteiger partial charge on any atom is -0.490 e. The maximum atomic E-state index is 12.7. The molecule has 0 spiro atoms. The maximum absolute atomic E-state index is 12.7. The molecule has 0 aliphatic carbocycles. The fourth-order valence-corrected chi connectivity index (χ4v) is 3.24. The van der Waals surface area contributed by atoms with E-state index in [9.17, 15) is 4.79 Å². The topological polar surface area (TPSA) is 60.0 Å². The van der Waals surface area contributed by atoms with Crippen molar-refractivity contribution in [1.82, 2.24) is 10.2 Å². The van der Waals surface area contributed by atoms with Gasteiger partial charge in [0.1, 0.15) is 0 Å². The molecule has 0 radical (unpaired) electrons. The minimum atomic E-state index is -0.0862. The molecule has 0 bridgehead atoms. The van der Waals surface area contributed by atoms with Gasteiger partial charge in [-0.25, -0.2) is 0 Å². The number of nitrogens with one attached hydrogen (secondary N) is 1. The first kappa shape index (κ1) is 21.5. The Morgan fingerprint density at radius 3 is 2.56 bits per heavy atom. The third kappa shape index (κ3) is 6.40. The second-order valence-electron chi connectivity index (χ2n) is 7.11. The fourth-order valence-electron chi connectivity index (χ4n) is 3.24. The van der Waals surface area contributed by atoms with E-state index in [0.29, 0.717) is 48.8 Å². The Morgan fingerprint density at radius 2 is 1.93 bits per heavy atom. The van der Waals surface area contributed by atoms with Gasteiger partial charge in [-0.05, 0) is 37.5 Å². The quantitative estimate of drug-likeness (QED) is 0.678. The fraction of sp³-hybridized carbons (Fsp3) is 0.667. The number of nitrogens with zero attached hydrogens (tertiary/aromatic N) is 1. The van der Waals surface area contributed by atoms with Crippen molar-refractivity contribution in [2.75, 3.05) is 46.1 Å². The molecule has 0 saturated carbocycles. The summed E-state index contributed by atoms with van der Waals surface area (Å²) in [7, 11) is 0. The molecule has 1 aromatic rings. The first-order valence-electron chi connectivity index (χ1n) is 10.1. The van der Waals surface area contributed by atoms with Crippen molar-refractivity contribution >= 4 is 5.91 Å². The standard InChI is InChI=1S/C21H34N2O4/c1-5-11-27-19-8-7-17(14-20(19)26-6-2)21(24)22-15-18(16(3)4)23-9-12-25-13-10-23/h7-8,14,16,18H,5-6,9-13,15H2,1-4H3,(H,22,24). The highest BCUT2D eigenvalue weighted by molar-refractivity contribution is 5.94. The van der Waals surface area contributed by atoms with Gasteiger partial charge in [-0.3, -0.25) is 9.69 Å². The summed E-state index contributed by atoms with van der Waals surface area (Å²) in [6, 6.07) is 5.68. The molecule has 2 rings (SSSR count). The Morgan fingerprint density at radius 1 is 1.19 bits per heavy atom. The number of amides is 1. The predicted molar refractivity (Wildman–Crippen MR) is 107 cm³/mol. The SMILES string of the molecule is CCCOc1ccc(C(=O)NCC(C(C)C)N2CCOCC2)cc1OCC. The van der Waals surface area contributed by atoms with Gasteiger partial charge in [0.05, 0.1) is 26.4 Å². The number of rotatable bonds is 10. The zero-order valence-electron chi connectivity index (χ0n) is 17.1. The molecule has 1 aliphatic heterocycles. The van der Waals surface area contributed by atoms with Crippen LogP contribution in [0.25, 0.3) is 0 Å². The van der Waals surface area contributed by atoms with Crippen LogP contribution in [0, 0.1) is 5.92 Å². The molecule has 1 aliphatic rings. The molecule has 1 unspecified atom stereocenters. The summed E-state index contributed by atoms with van der Waals surface area (Å²) in [5, 5.41) is 3.09. The van der Waals surface area contributed by atoms with E-state index >= 15 is 0 Å². The number of morpholine rings is 1. The summed E-state index contributed by atoms with van der Waals surface area (Å²) < 4.78 is 16.8. The van der Waals surface area contributed by atoms with Gasteiger partial charge >= 0.3 is 0 Å². The molecule has 6 heteroatoms. The summed E-state index contributed by atoms with van der Waals surface area (Å²) in [6.45, 7) is 13.5. The van der Waals surface area contributed by atoms with Crippen LogP contribution < -0.4 is 14.8 Å². The largest absolute Gasteiger partial charge is 0.490 e. The molecule has 1 saturated heterocycles. The Labute approximate surface area is 163 Å². The van der Waals surface area contributed by atoms with Crippen molar-refractivity contribution < 1.29 is 19.0 Å². The molecular weight excluding hydrogens is 344 g/mol. The van der Waals surface area contributed by atoms with E-state index in [2.05, 4.69) is 31.0 Å². The number of ether oxygens (including phenoxy) is 3. The Balaban J connectivity index is 2.01. The molecule has 1 amide bonds. The summed E-state index contributed by atoms with van der Waals surface area (Å²) in [5.74, 6) is 1.67. The van der Waals surface area contributed by atoms with E-state index in [1.54, 1.807) is 12.1 Å². The summed E-state index contributed by atoms with van der Waals surface area (Å²) in [4.78, 5) is 15.1. The molecule has 152 valence electrons. The normalized spacial score (nSPS) is 16.2. The lowest BCUT2D eigenvalue weighted by Gasteiger charge is -2.36. The zero-order valence-corrected chi connectivity index (χ0v) is 17.1. The molecule has 1 fully saturated rings. The lowest BCUT2D eigenvalue weighted by atomic mass is 10.0. The molecule has 1 heterocycles. The average Bonchev–Trinajstić information content (AvgIpc) is 2.67. The van der Waals surface area contributed by atoms with Crippen molar-refractivity contribution in [3.63, 3.8) is 0 Å². The van der Waals surface area contributed by atoms with Gasteiger partial charge in [0.25, 0.3) is 5.91 Å². The van der Waals surface area contributed by atoms with Crippen molar-refractivity contribution in [3.05, 3.63) is 23.8 Å². The number of hydrogen-bond donors (Lipinski definition) is 1. The van der Waals surface area contributed by atoms with E-state index in [4.69, 9.17) is 14.2 Å². The van der Waals surface area contributed by atoms with Crippen molar-refractivity contribution in [3.8, 4) is 11.5 Å². The Hall–Kier alpha value is -1.79. The number of hydrogen-bond acceptors (Lipinski definition) is 5. The lowest BCUT2D eigenvalue weighted by molar-refractivity contribution is 0.00672. The molecule has 0 aromatic heterocycles. The van der Waals surface area contributed by atoms with Crippen LogP contribution in [-0.2, 0) is 4.74 Å². The third-order valence-corrected chi connectivity index (χ3v) is 4.72. The van der Waals surface area contributed by atoms with Crippen LogP contribution in [0.1, 0.15) is 44.5 Å². The Bertz CT molecular complexity index is 586. The van der Waals surface area contributed by atoms with Gasteiger partial charge in [-0.1, -0.05) is 20.8 Å². The summed E-state index contributed by atoms with van der Waals surface area (Å²) >= 11 is 0. The first-order valence-corrected chi connectivity index (χ1v) is 10.1. The molecule has 6 nitrogen and oxygen atoms in total.